The largest absolute Gasteiger partial charge is 0.396 e. The lowest BCUT2D eigenvalue weighted by Gasteiger charge is -2.23. The Bertz CT molecular complexity index is 457. The maximum absolute atomic E-state index is 8.50. The van der Waals surface area contributed by atoms with Crippen LogP contribution >= 0.6 is 0 Å². The first-order valence-electron chi connectivity index (χ1n) is 14.2. The maximum atomic E-state index is 8.50. The molecule has 0 aliphatic carbocycles. The summed E-state index contributed by atoms with van der Waals surface area (Å²) in [6, 6.07) is 0. The van der Waals surface area contributed by atoms with Gasteiger partial charge in [-0.3, -0.25) is 0 Å². The molecule has 24 heteroatoms. The van der Waals surface area contributed by atoms with Crippen molar-refractivity contribution < 1.29 is 123 Å². The summed E-state index contributed by atoms with van der Waals surface area (Å²) in [6.45, 7) is -6.89. The molecule has 0 aromatic heterocycles. The van der Waals surface area contributed by atoms with Crippen LogP contribution in [-0.2, 0) is 0 Å². The number of rotatable bonds is 19. The quantitative estimate of drug-likeness (QED) is 0.0583. The smallest absolute Gasteiger partial charge is 0.105 e. The van der Waals surface area contributed by atoms with Crippen molar-refractivity contribution in [3.05, 3.63) is 0 Å². The van der Waals surface area contributed by atoms with Crippen molar-refractivity contribution in [2.45, 2.75) is 61.0 Å². The van der Waals surface area contributed by atoms with Gasteiger partial charge in [0.15, 0.2) is 0 Å². The van der Waals surface area contributed by atoms with Gasteiger partial charge in [0, 0.05) is 0 Å². The van der Waals surface area contributed by atoms with Crippen LogP contribution in [-0.4, -0.2) is 276 Å². The molecule has 0 aliphatic rings. The van der Waals surface area contributed by atoms with Crippen molar-refractivity contribution in [3.8, 4) is 0 Å². The first-order chi connectivity index (χ1) is 22.8. The van der Waals surface area contributed by atoms with E-state index in [0.29, 0.717) is 0 Å². The molecule has 0 saturated carbocycles. The third kappa shape index (κ3) is 36.6. The van der Waals surface area contributed by atoms with E-state index >= 15 is 0 Å². The van der Waals surface area contributed by atoms with Crippen LogP contribution in [0.4, 0.5) is 0 Å². The molecule has 0 unspecified atom stereocenters. The molecule has 49 heavy (non-hydrogen) atoms. The van der Waals surface area contributed by atoms with Crippen LogP contribution < -0.4 is 0 Å². The number of aliphatic hydroxyl groups is 24. The molecule has 306 valence electrons. The van der Waals surface area contributed by atoms with Crippen LogP contribution in [0.2, 0.25) is 0 Å². The molecule has 0 aliphatic heterocycles. The highest BCUT2D eigenvalue weighted by Gasteiger charge is 2.26. The Labute approximate surface area is 282 Å². The Hall–Kier alpha value is -0.960. The number of aliphatic hydroxyl groups excluding tert-OH is 24. The third-order valence-electron chi connectivity index (χ3n) is 5.43. The molecule has 0 heterocycles. The second-order valence-electron chi connectivity index (χ2n) is 9.63. The molecule has 0 rings (SSSR count). The van der Waals surface area contributed by atoms with Crippen molar-refractivity contribution in [2.24, 2.45) is 5.41 Å². The van der Waals surface area contributed by atoms with Crippen LogP contribution in [0, 0.1) is 5.41 Å². The first-order valence-corrected chi connectivity index (χ1v) is 14.2. The molecule has 10 atom stereocenters. The molecule has 0 aromatic carbocycles. The van der Waals surface area contributed by atoms with E-state index in [1.807, 2.05) is 0 Å². The van der Waals surface area contributed by atoms with Crippen LogP contribution in [0.3, 0.4) is 0 Å². The zero-order valence-electron chi connectivity index (χ0n) is 26.9. The van der Waals surface area contributed by atoms with E-state index in [2.05, 4.69) is 0 Å². The summed E-state index contributed by atoms with van der Waals surface area (Å²) in [4.78, 5) is 0. The van der Waals surface area contributed by atoms with Gasteiger partial charge in [-0.1, -0.05) is 0 Å². The van der Waals surface area contributed by atoms with Crippen molar-refractivity contribution in [3.63, 3.8) is 0 Å². The Kier molecular flexibility index (Phi) is 50.9. The van der Waals surface area contributed by atoms with Gasteiger partial charge in [-0.15, -0.1) is 0 Å². The zero-order valence-corrected chi connectivity index (χ0v) is 26.9. The second kappa shape index (κ2) is 41.5. The topological polar surface area (TPSA) is 486 Å². The summed E-state index contributed by atoms with van der Waals surface area (Å²) >= 11 is 0. The Morgan fingerprint density at radius 3 is 0.306 bits per heavy atom. The van der Waals surface area contributed by atoms with Crippen molar-refractivity contribution in [1.29, 1.82) is 0 Å². The van der Waals surface area contributed by atoms with E-state index < -0.39 is 159 Å². The van der Waals surface area contributed by atoms with Gasteiger partial charge in [0.2, 0.25) is 0 Å². The maximum Gasteiger partial charge on any atom is 0.105 e. The van der Waals surface area contributed by atoms with E-state index in [1.165, 1.54) is 0 Å². The second-order valence-corrected chi connectivity index (χ2v) is 9.63. The summed E-state index contributed by atoms with van der Waals surface area (Å²) in [5, 5.41) is 200. The molecule has 0 bridgehead atoms. The van der Waals surface area contributed by atoms with Gasteiger partial charge < -0.3 is 123 Å². The van der Waals surface area contributed by atoms with Gasteiger partial charge >= 0.3 is 0 Å². The molecular formula is C25H62O24. The Morgan fingerprint density at radius 2 is 0.286 bits per heavy atom. The van der Waals surface area contributed by atoms with E-state index in [9.17, 15) is 0 Å². The average molecular weight is 747 g/mol. The summed E-state index contributed by atoms with van der Waals surface area (Å²) < 4.78 is 0. The van der Waals surface area contributed by atoms with Gasteiger partial charge in [-0.05, 0) is 0 Å². The highest BCUT2D eigenvalue weighted by atomic mass is 16.4. The zero-order chi connectivity index (χ0) is 40.2. The summed E-state index contributed by atoms with van der Waals surface area (Å²) in [6.07, 6.45) is -12.2. The van der Waals surface area contributed by atoms with Gasteiger partial charge in [0.1, 0.15) is 61.0 Å². The van der Waals surface area contributed by atoms with Gasteiger partial charge in [-0.2, -0.15) is 0 Å². The average Bonchev–Trinajstić information content (AvgIpc) is 3.16. The number of hydrogen-bond donors (Lipinski definition) is 24. The highest BCUT2D eigenvalue weighted by Crippen LogP contribution is 2.11. The molecule has 0 fully saturated rings. The molecule has 0 amide bonds. The summed E-state index contributed by atoms with van der Waals surface area (Å²) in [5.41, 5.74) is -1.11. The molecular weight excluding hydrogens is 684 g/mol. The van der Waals surface area contributed by atoms with Crippen molar-refractivity contribution in [2.75, 3.05) is 92.5 Å². The van der Waals surface area contributed by atoms with Gasteiger partial charge in [-0.25, -0.2) is 0 Å². The van der Waals surface area contributed by atoms with Gasteiger partial charge in [0.05, 0.1) is 97.9 Å². The van der Waals surface area contributed by atoms with E-state index in [4.69, 9.17) is 123 Å². The monoisotopic (exact) mass is 746 g/mol. The highest BCUT2D eigenvalue weighted by molar-refractivity contribution is 4.75. The van der Waals surface area contributed by atoms with E-state index in [-0.39, 0.29) is 0 Å². The number of hydrogen-bond acceptors (Lipinski definition) is 24. The van der Waals surface area contributed by atoms with Crippen molar-refractivity contribution >= 4 is 0 Å². The molecule has 0 saturated heterocycles. The first kappa shape index (κ1) is 60.1. The fraction of sp³-hybridized carbons (Fsp3) is 1.00. The SMILES string of the molecule is OCC(CO)(CO)CO.OC[C@@H](O)[C@@H](O)CO.OC[C@@H](O)[C@@H](O)CO.OC[C@@H](O)[C@@H](O)CO.OC[C@@H](O)[C@@H](O)CO.OC[C@@H](O)[C@@H](O)CO. The predicted molar refractivity (Wildman–Crippen MR) is 162 cm³/mol. The van der Waals surface area contributed by atoms with E-state index in [0.717, 1.165) is 0 Å². The predicted octanol–water partition coefficient (Wildman–Crippen LogP) is -13.6. The van der Waals surface area contributed by atoms with E-state index in [1.54, 1.807) is 0 Å². The standard InChI is InChI=1S/C5H12O4.5C4H10O4/c6-1-5(2-7,3-8)4-9;5*5-1-3(7)4(8)2-6/h6-9H,1-4H2;5*3-8H,1-2H2/t;5*3-,4+. The van der Waals surface area contributed by atoms with Gasteiger partial charge in [0.25, 0.3) is 0 Å². The minimum atomic E-state index is -1.22. The summed E-state index contributed by atoms with van der Waals surface area (Å²) in [7, 11) is 0. The Morgan fingerprint density at radius 1 is 0.204 bits per heavy atom. The van der Waals surface area contributed by atoms with Crippen LogP contribution in [0.1, 0.15) is 0 Å². The lowest BCUT2D eigenvalue weighted by molar-refractivity contribution is -0.0388. The fourth-order valence-electron chi connectivity index (χ4n) is 1.52. The lowest BCUT2D eigenvalue weighted by Crippen LogP contribution is -2.37. The fourth-order valence-corrected chi connectivity index (χ4v) is 1.52. The molecule has 24 N–H and O–H groups in total. The lowest BCUT2D eigenvalue weighted by atomic mass is 9.93. The Balaban J connectivity index is -0.000000113. The third-order valence-corrected chi connectivity index (χ3v) is 5.43. The van der Waals surface area contributed by atoms with Crippen LogP contribution in [0.15, 0.2) is 0 Å². The molecule has 0 spiro atoms. The molecule has 24 nitrogen and oxygen atoms in total. The van der Waals surface area contributed by atoms with Crippen LogP contribution in [0.25, 0.3) is 0 Å². The minimum Gasteiger partial charge on any atom is -0.396 e. The summed E-state index contributed by atoms with van der Waals surface area (Å²) in [5.74, 6) is 0. The normalized spacial score (nSPS) is 16.9. The van der Waals surface area contributed by atoms with Crippen molar-refractivity contribution in [1.82, 2.24) is 0 Å². The molecule has 0 radical (unpaired) electrons. The minimum absolute atomic E-state index is 0.406. The van der Waals surface area contributed by atoms with Crippen LogP contribution in [0.5, 0.6) is 0 Å². The molecule has 0 aromatic rings.